The Morgan fingerprint density at radius 2 is 1.69 bits per heavy atom. The van der Waals surface area contributed by atoms with Crippen molar-refractivity contribution in [3.8, 4) is 0 Å². The van der Waals surface area contributed by atoms with Crippen molar-refractivity contribution in [3.63, 3.8) is 0 Å². The predicted octanol–water partition coefficient (Wildman–Crippen LogP) is 2.04. The molecule has 2 nitrogen and oxygen atoms in total. The summed E-state index contributed by atoms with van der Waals surface area (Å²) in [4.78, 5) is 0. The van der Waals surface area contributed by atoms with Crippen molar-refractivity contribution in [3.05, 3.63) is 66.0 Å². The number of benzene rings is 1. The maximum Gasteiger partial charge on any atom is 0.202 e. The van der Waals surface area contributed by atoms with Gasteiger partial charge in [0.05, 0.1) is 0 Å². The van der Waals surface area contributed by atoms with Crippen LogP contribution in [0, 0.1) is 6.92 Å². The van der Waals surface area contributed by atoms with Crippen LogP contribution in [0.3, 0.4) is 0 Å². The Labute approximate surface area is 101 Å². The second-order valence-corrected chi connectivity index (χ2v) is 3.91. The number of aromatic nitrogens is 1. The SMILES string of the molecule is Cc1ccc(/C([S-])=N\[n+]2ccccc2)cc1. The Bertz CT molecular complexity index is 489. The molecular formula is C13H12N2S. The van der Waals surface area contributed by atoms with Gasteiger partial charge in [-0.1, -0.05) is 40.6 Å². The zero-order valence-corrected chi connectivity index (χ0v) is 9.82. The highest BCUT2D eigenvalue weighted by molar-refractivity contribution is 7.78. The molecule has 0 amide bonds. The summed E-state index contributed by atoms with van der Waals surface area (Å²) in [5.74, 6) is 0. The summed E-state index contributed by atoms with van der Waals surface area (Å²) in [5, 5.41) is 4.90. The lowest BCUT2D eigenvalue weighted by molar-refractivity contribution is -0.678. The van der Waals surface area contributed by atoms with E-state index in [1.54, 1.807) is 4.68 Å². The van der Waals surface area contributed by atoms with E-state index in [0.29, 0.717) is 5.04 Å². The third-order valence-corrected chi connectivity index (χ3v) is 2.52. The fraction of sp³-hybridized carbons (Fsp3) is 0.0769. The first-order valence-corrected chi connectivity index (χ1v) is 5.46. The Kier molecular flexibility index (Phi) is 3.27. The normalized spacial score (nSPS) is 11.4. The number of rotatable bonds is 2. The molecule has 0 atom stereocenters. The van der Waals surface area contributed by atoms with E-state index in [-0.39, 0.29) is 0 Å². The van der Waals surface area contributed by atoms with Gasteiger partial charge in [-0.2, -0.15) is 0 Å². The molecule has 0 fully saturated rings. The first kappa shape index (κ1) is 10.8. The maximum absolute atomic E-state index is 5.26. The molecule has 3 heteroatoms. The molecule has 2 aromatic rings. The van der Waals surface area contributed by atoms with Crippen LogP contribution in [0.1, 0.15) is 11.1 Å². The van der Waals surface area contributed by atoms with Crippen LogP contribution in [0.4, 0.5) is 0 Å². The molecule has 0 radical (unpaired) electrons. The van der Waals surface area contributed by atoms with Gasteiger partial charge in [0.1, 0.15) is 0 Å². The third-order valence-electron chi connectivity index (χ3n) is 2.20. The van der Waals surface area contributed by atoms with Crippen LogP contribution in [-0.2, 0) is 12.6 Å². The Morgan fingerprint density at radius 1 is 1.06 bits per heavy atom. The van der Waals surface area contributed by atoms with Gasteiger partial charge in [0.2, 0.25) is 12.4 Å². The van der Waals surface area contributed by atoms with E-state index < -0.39 is 0 Å². The van der Waals surface area contributed by atoms with Crippen LogP contribution in [-0.4, -0.2) is 5.04 Å². The first-order valence-electron chi connectivity index (χ1n) is 5.05. The molecule has 0 saturated heterocycles. The van der Waals surface area contributed by atoms with Crippen molar-refractivity contribution in [2.75, 3.05) is 0 Å². The number of hydrogen-bond acceptors (Lipinski definition) is 2. The van der Waals surface area contributed by atoms with Gasteiger partial charge in [-0.05, 0) is 22.6 Å². The standard InChI is InChI=1S/C13H12N2S/c1-11-5-7-12(8-6-11)13(16)14-15-9-3-2-4-10-15/h2-10H,1H3. The molecule has 1 aromatic heterocycles. The van der Waals surface area contributed by atoms with E-state index in [4.69, 9.17) is 12.6 Å². The fourth-order valence-electron chi connectivity index (χ4n) is 1.31. The Balaban J connectivity index is 2.28. The fourth-order valence-corrected chi connectivity index (χ4v) is 1.55. The van der Waals surface area contributed by atoms with Crippen LogP contribution in [0.5, 0.6) is 0 Å². The average Bonchev–Trinajstić information content (AvgIpc) is 2.31. The molecule has 0 N–H and O–H groups in total. The average molecular weight is 228 g/mol. The highest BCUT2D eigenvalue weighted by Crippen LogP contribution is 2.03. The minimum atomic E-state index is 0.594. The van der Waals surface area contributed by atoms with Crippen molar-refractivity contribution >= 4 is 17.7 Å². The van der Waals surface area contributed by atoms with Crippen LogP contribution in [0.2, 0.25) is 0 Å². The highest BCUT2D eigenvalue weighted by Gasteiger charge is 1.95. The lowest BCUT2D eigenvalue weighted by Crippen LogP contribution is -2.27. The Hall–Kier alpha value is -1.74. The number of aryl methyl sites for hydroxylation is 1. The van der Waals surface area contributed by atoms with Gasteiger partial charge in [-0.3, -0.25) is 0 Å². The zero-order chi connectivity index (χ0) is 11.4. The van der Waals surface area contributed by atoms with E-state index >= 15 is 0 Å². The lowest BCUT2D eigenvalue weighted by atomic mass is 10.2. The molecule has 80 valence electrons. The summed E-state index contributed by atoms with van der Waals surface area (Å²) in [6.45, 7) is 2.05. The molecule has 0 saturated carbocycles. The third kappa shape index (κ3) is 2.64. The zero-order valence-electron chi connectivity index (χ0n) is 9.00. The van der Waals surface area contributed by atoms with Gasteiger partial charge < -0.3 is 12.6 Å². The quantitative estimate of drug-likeness (QED) is 0.332. The molecule has 0 bridgehead atoms. The summed E-state index contributed by atoms with van der Waals surface area (Å²) in [5.41, 5.74) is 2.19. The highest BCUT2D eigenvalue weighted by atomic mass is 32.1. The van der Waals surface area contributed by atoms with E-state index in [1.165, 1.54) is 5.56 Å². The predicted molar refractivity (Wildman–Crippen MR) is 67.1 cm³/mol. The van der Waals surface area contributed by atoms with Crippen molar-refractivity contribution in [2.45, 2.75) is 6.92 Å². The van der Waals surface area contributed by atoms with E-state index in [1.807, 2.05) is 54.9 Å². The molecule has 0 unspecified atom stereocenters. The minimum Gasteiger partial charge on any atom is -0.754 e. The topological polar surface area (TPSA) is 16.2 Å². The van der Waals surface area contributed by atoms with Crippen molar-refractivity contribution in [2.24, 2.45) is 5.10 Å². The second-order valence-electron chi connectivity index (χ2n) is 3.53. The molecule has 16 heavy (non-hydrogen) atoms. The van der Waals surface area contributed by atoms with Crippen molar-refractivity contribution in [1.82, 2.24) is 0 Å². The largest absolute Gasteiger partial charge is 0.754 e. The van der Waals surface area contributed by atoms with Gasteiger partial charge in [-0.15, -0.1) is 0 Å². The number of pyridine rings is 1. The lowest BCUT2D eigenvalue weighted by Gasteiger charge is -2.07. The molecule has 0 aliphatic rings. The molecule has 0 aliphatic heterocycles. The summed E-state index contributed by atoms with van der Waals surface area (Å²) < 4.78 is 1.71. The number of hydrogen-bond donors (Lipinski definition) is 0. The van der Waals surface area contributed by atoms with Gasteiger partial charge in [0.15, 0.2) is 0 Å². The van der Waals surface area contributed by atoms with Gasteiger partial charge in [0.25, 0.3) is 0 Å². The second kappa shape index (κ2) is 4.86. The maximum atomic E-state index is 5.26. The van der Waals surface area contributed by atoms with Gasteiger partial charge >= 0.3 is 0 Å². The van der Waals surface area contributed by atoms with Gasteiger partial charge in [-0.25, -0.2) is 0 Å². The van der Waals surface area contributed by atoms with E-state index in [0.717, 1.165) is 5.56 Å². The molecular weight excluding hydrogens is 216 g/mol. The molecule has 0 spiro atoms. The van der Waals surface area contributed by atoms with Crippen molar-refractivity contribution < 1.29 is 4.68 Å². The van der Waals surface area contributed by atoms with Crippen molar-refractivity contribution in [1.29, 1.82) is 0 Å². The summed E-state index contributed by atoms with van der Waals surface area (Å²) >= 11 is 5.26. The Morgan fingerprint density at radius 3 is 2.31 bits per heavy atom. The van der Waals surface area contributed by atoms with Crippen LogP contribution < -0.4 is 4.68 Å². The van der Waals surface area contributed by atoms with Gasteiger partial charge in [0, 0.05) is 12.1 Å². The minimum absolute atomic E-state index is 0.594. The summed E-state index contributed by atoms with van der Waals surface area (Å²) in [7, 11) is 0. The molecule has 2 rings (SSSR count). The molecule has 1 heterocycles. The summed E-state index contributed by atoms with van der Waals surface area (Å²) in [6.07, 6.45) is 3.72. The van der Waals surface area contributed by atoms with E-state index in [2.05, 4.69) is 12.0 Å². The molecule has 0 aliphatic carbocycles. The first-order chi connectivity index (χ1) is 7.75. The summed E-state index contributed by atoms with van der Waals surface area (Å²) in [6, 6.07) is 13.8. The monoisotopic (exact) mass is 228 g/mol. The van der Waals surface area contributed by atoms with Crippen LogP contribution >= 0.6 is 0 Å². The molecule has 1 aromatic carbocycles. The van der Waals surface area contributed by atoms with Crippen LogP contribution in [0.15, 0.2) is 60.0 Å². The smallest absolute Gasteiger partial charge is 0.202 e. The van der Waals surface area contributed by atoms with E-state index in [9.17, 15) is 0 Å². The van der Waals surface area contributed by atoms with Crippen LogP contribution in [0.25, 0.3) is 0 Å². The number of nitrogens with zero attached hydrogens (tertiary/aromatic N) is 2.